The molecule has 0 radical (unpaired) electrons. The number of benzene rings is 1. The lowest BCUT2D eigenvalue weighted by Crippen LogP contribution is -2.30. The van der Waals surface area contributed by atoms with Crippen LogP contribution in [0.1, 0.15) is 29.0 Å². The van der Waals surface area contributed by atoms with Crippen molar-refractivity contribution in [2.45, 2.75) is 19.0 Å². The molecule has 1 aliphatic heterocycles. The number of aryl methyl sites for hydroxylation is 2. The van der Waals surface area contributed by atoms with E-state index < -0.39 is 0 Å². The Kier molecular flexibility index (Phi) is 4.20. The van der Waals surface area contributed by atoms with Crippen molar-refractivity contribution in [2.75, 3.05) is 4.90 Å². The van der Waals surface area contributed by atoms with Crippen LogP contribution in [0.5, 0.6) is 0 Å². The molecule has 0 saturated carbocycles. The number of hydrogen-bond acceptors (Lipinski definition) is 2. The average Bonchev–Trinajstić information content (AvgIpc) is 3.21. The van der Waals surface area contributed by atoms with Crippen LogP contribution in [0.15, 0.2) is 60.9 Å². The number of halogens is 1. The summed E-state index contributed by atoms with van der Waals surface area (Å²) >= 11 is 5.65. The van der Waals surface area contributed by atoms with Gasteiger partial charge in [0.05, 0.1) is 11.7 Å². The molecule has 0 spiro atoms. The Morgan fingerprint density at radius 3 is 2.65 bits per heavy atom. The van der Waals surface area contributed by atoms with E-state index in [-0.39, 0.29) is 17.9 Å². The second kappa shape index (κ2) is 6.53. The lowest BCUT2D eigenvalue weighted by molar-refractivity contribution is 0.540. The Balaban J connectivity index is 1.85. The van der Waals surface area contributed by atoms with E-state index in [0.29, 0.717) is 10.7 Å². The van der Waals surface area contributed by atoms with Crippen molar-refractivity contribution >= 4 is 23.0 Å². The van der Waals surface area contributed by atoms with Crippen molar-refractivity contribution in [3.8, 4) is 0 Å². The SMILES string of the molecule is Cc1cc(N2C(=S)N[C@@H](c3ccccn3)[C@@H]2c2cccn2C)ccc1F. The molecule has 6 heteroatoms. The summed E-state index contributed by atoms with van der Waals surface area (Å²) in [6.45, 7) is 1.76. The molecule has 1 aromatic carbocycles. The average molecular weight is 366 g/mol. The maximum absolute atomic E-state index is 13.8. The molecule has 0 amide bonds. The van der Waals surface area contributed by atoms with Gasteiger partial charge in [-0.3, -0.25) is 4.98 Å². The van der Waals surface area contributed by atoms with Gasteiger partial charge in [-0.1, -0.05) is 6.07 Å². The molecule has 3 heterocycles. The van der Waals surface area contributed by atoms with Gasteiger partial charge in [-0.2, -0.15) is 0 Å². The van der Waals surface area contributed by atoms with E-state index in [1.807, 2.05) is 43.6 Å². The minimum absolute atomic E-state index is 0.0812. The quantitative estimate of drug-likeness (QED) is 0.709. The molecule has 4 nitrogen and oxygen atoms in total. The Morgan fingerprint density at radius 2 is 2.00 bits per heavy atom. The maximum Gasteiger partial charge on any atom is 0.174 e. The summed E-state index contributed by atoms with van der Waals surface area (Å²) in [5.41, 5.74) is 3.49. The highest BCUT2D eigenvalue weighted by atomic mass is 32.1. The normalized spacial score (nSPS) is 19.7. The van der Waals surface area contributed by atoms with Gasteiger partial charge in [0, 0.05) is 30.8 Å². The monoisotopic (exact) mass is 366 g/mol. The predicted molar refractivity (Wildman–Crippen MR) is 104 cm³/mol. The summed E-state index contributed by atoms with van der Waals surface area (Å²) in [6, 6.07) is 14.9. The first kappa shape index (κ1) is 16.7. The van der Waals surface area contributed by atoms with E-state index >= 15 is 0 Å². The number of rotatable bonds is 3. The summed E-state index contributed by atoms with van der Waals surface area (Å²) in [5, 5.41) is 4.02. The van der Waals surface area contributed by atoms with Crippen molar-refractivity contribution in [1.29, 1.82) is 0 Å². The third-order valence-electron chi connectivity index (χ3n) is 4.80. The smallest absolute Gasteiger partial charge is 0.174 e. The summed E-state index contributed by atoms with van der Waals surface area (Å²) in [6.07, 6.45) is 3.80. The second-order valence-electron chi connectivity index (χ2n) is 6.47. The second-order valence-corrected chi connectivity index (χ2v) is 6.86. The van der Waals surface area contributed by atoms with Crippen LogP contribution < -0.4 is 10.2 Å². The Labute approximate surface area is 157 Å². The van der Waals surface area contributed by atoms with Gasteiger partial charge in [0.25, 0.3) is 0 Å². The molecule has 132 valence electrons. The van der Waals surface area contributed by atoms with Crippen LogP contribution in [0, 0.1) is 12.7 Å². The number of pyridine rings is 1. The number of anilines is 1. The van der Waals surface area contributed by atoms with E-state index in [2.05, 4.69) is 25.8 Å². The summed E-state index contributed by atoms with van der Waals surface area (Å²) < 4.78 is 15.9. The number of nitrogens with one attached hydrogen (secondary N) is 1. The minimum Gasteiger partial charge on any atom is -0.353 e. The lowest BCUT2D eigenvalue weighted by atomic mass is 10.0. The predicted octanol–water partition coefficient (Wildman–Crippen LogP) is 4.04. The standard InChI is InChI=1S/C20H19FN4S/c1-13-12-14(8-9-15(13)21)25-19(17-7-5-11-24(17)2)18(23-20(25)26)16-6-3-4-10-22-16/h3-12,18-19H,1-2H3,(H,23,26)/t18-,19-/m0/s1. The van der Waals surface area contributed by atoms with E-state index in [1.165, 1.54) is 6.07 Å². The molecular formula is C20H19FN4S. The number of thiocarbonyl (C=S) groups is 1. The largest absolute Gasteiger partial charge is 0.353 e. The molecule has 1 aliphatic rings. The molecule has 4 rings (SSSR count). The maximum atomic E-state index is 13.8. The number of hydrogen-bond donors (Lipinski definition) is 1. The first-order chi connectivity index (χ1) is 12.6. The van der Waals surface area contributed by atoms with Crippen LogP contribution in [0.3, 0.4) is 0 Å². The van der Waals surface area contributed by atoms with Gasteiger partial charge in [-0.15, -0.1) is 0 Å². The third kappa shape index (κ3) is 2.76. The van der Waals surface area contributed by atoms with E-state index in [9.17, 15) is 4.39 Å². The van der Waals surface area contributed by atoms with Crippen molar-refractivity contribution in [2.24, 2.45) is 7.05 Å². The van der Waals surface area contributed by atoms with E-state index in [1.54, 1.807) is 19.2 Å². The first-order valence-electron chi connectivity index (χ1n) is 8.44. The van der Waals surface area contributed by atoms with Gasteiger partial charge in [0.15, 0.2) is 5.11 Å². The van der Waals surface area contributed by atoms with Crippen molar-refractivity contribution in [3.05, 3.63) is 83.7 Å². The van der Waals surface area contributed by atoms with Gasteiger partial charge < -0.3 is 14.8 Å². The molecule has 0 bridgehead atoms. The van der Waals surface area contributed by atoms with Crippen LogP contribution in [0.4, 0.5) is 10.1 Å². The fraction of sp³-hybridized carbons (Fsp3) is 0.200. The lowest BCUT2D eigenvalue weighted by Gasteiger charge is -2.28. The van der Waals surface area contributed by atoms with Crippen molar-refractivity contribution in [3.63, 3.8) is 0 Å². The molecule has 1 saturated heterocycles. The van der Waals surface area contributed by atoms with E-state index in [0.717, 1.165) is 17.1 Å². The highest BCUT2D eigenvalue weighted by molar-refractivity contribution is 7.80. The van der Waals surface area contributed by atoms with Crippen molar-refractivity contribution < 1.29 is 4.39 Å². The number of aromatic nitrogens is 2. The molecule has 26 heavy (non-hydrogen) atoms. The fourth-order valence-electron chi connectivity index (χ4n) is 3.49. The topological polar surface area (TPSA) is 33.1 Å². The van der Waals surface area contributed by atoms with Crippen LogP contribution in [-0.2, 0) is 7.05 Å². The Morgan fingerprint density at radius 1 is 1.15 bits per heavy atom. The zero-order chi connectivity index (χ0) is 18.3. The minimum atomic E-state index is -0.219. The zero-order valence-corrected chi connectivity index (χ0v) is 15.4. The van der Waals surface area contributed by atoms with Crippen molar-refractivity contribution in [1.82, 2.24) is 14.9 Å². The highest BCUT2D eigenvalue weighted by Crippen LogP contribution is 2.41. The molecule has 0 aliphatic carbocycles. The Bertz CT molecular complexity index is 953. The van der Waals surface area contributed by atoms with Gasteiger partial charge in [-0.25, -0.2) is 4.39 Å². The van der Waals surface area contributed by atoms with Crippen LogP contribution in [-0.4, -0.2) is 14.7 Å². The van der Waals surface area contributed by atoms with Crippen LogP contribution >= 0.6 is 12.2 Å². The molecule has 1 N–H and O–H groups in total. The Hall–Kier alpha value is -2.73. The molecule has 2 aromatic heterocycles. The summed E-state index contributed by atoms with van der Waals surface area (Å²) in [7, 11) is 2.01. The molecular weight excluding hydrogens is 347 g/mol. The van der Waals surface area contributed by atoms with Crippen LogP contribution in [0.25, 0.3) is 0 Å². The van der Waals surface area contributed by atoms with Crippen LogP contribution in [0.2, 0.25) is 0 Å². The number of nitrogens with zero attached hydrogens (tertiary/aromatic N) is 3. The fourth-order valence-corrected chi connectivity index (χ4v) is 3.84. The molecule has 1 fully saturated rings. The van der Waals surface area contributed by atoms with E-state index in [4.69, 9.17) is 12.2 Å². The summed E-state index contributed by atoms with van der Waals surface area (Å²) in [5.74, 6) is -0.219. The molecule has 0 unspecified atom stereocenters. The van der Waals surface area contributed by atoms with Gasteiger partial charge in [-0.05, 0) is 67.2 Å². The third-order valence-corrected chi connectivity index (χ3v) is 5.12. The van der Waals surface area contributed by atoms with Gasteiger partial charge >= 0.3 is 0 Å². The molecule has 3 aromatic rings. The summed E-state index contributed by atoms with van der Waals surface area (Å²) in [4.78, 5) is 6.58. The van der Waals surface area contributed by atoms with Gasteiger partial charge in [0.2, 0.25) is 0 Å². The molecule has 2 atom stereocenters. The van der Waals surface area contributed by atoms with Gasteiger partial charge in [0.1, 0.15) is 11.9 Å². The highest BCUT2D eigenvalue weighted by Gasteiger charge is 2.41. The first-order valence-corrected chi connectivity index (χ1v) is 8.85. The zero-order valence-electron chi connectivity index (χ0n) is 14.6.